The molecule has 0 atom stereocenters. The predicted molar refractivity (Wildman–Crippen MR) is 99.7 cm³/mol. The smallest absolute Gasteiger partial charge is 0.185 e. The van der Waals surface area contributed by atoms with Gasteiger partial charge in [0.05, 0.1) is 7.11 Å². The summed E-state index contributed by atoms with van der Waals surface area (Å²) in [5, 5.41) is 0. The molecular weight excluding hydrogens is 296 g/mol. The fraction of sp³-hybridized carbons (Fsp3) is 0.318. The molecule has 0 aromatic heterocycles. The van der Waals surface area contributed by atoms with E-state index in [-0.39, 0.29) is 5.78 Å². The van der Waals surface area contributed by atoms with E-state index in [9.17, 15) is 4.79 Å². The number of unbranched alkanes of at least 4 members (excludes halogenated alkanes) is 4. The highest BCUT2D eigenvalue weighted by molar-refractivity contribution is 6.04. The van der Waals surface area contributed by atoms with Crippen molar-refractivity contribution in [2.24, 2.45) is 0 Å². The van der Waals surface area contributed by atoms with Crippen molar-refractivity contribution in [2.45, 2.75) is 38.5 Å². The average molecular weight is 322 g/mol. The van der Waals surface area contributed by atoms with Gasteiger partial charge in [0.15, 0.2) is 5.78 Å². The van der Waals surface area contributed by atoms with Gasteiger partial charge in [-0.3, -0.25) is 4.79 Å². The van der Waals surface area contributed by atoms with Gasteiger partial charge in [-0.05, 0) is 61.6 Å². The first kappa shape index (κ1) is 18.0. The van der Waals surface area contributed by atoms with Gasteiger partial charge in [0, 0.05) is 5.56 Å². The van der Waals surface area contributed by atoms with Crippen LogP contribution in [0.2, 0.25) is 0 Å². The second kappa shape index (κ2) is 10.4. The van der Waals surface area contributed by atoms with E-state index >= 15 is 0 Å². The molecule has 0 saturated heterocycles. The Morgan fingerprint density at radius 3 is 2.33 bits per heavy atom. The zero-order valence-corrected chi connectivity index (χ0v) is 14.4. The fourth-order valence-electron chi connectivity index (χ4n) is 2.63. The molecule has 0 aliphatic carbocycles. The van der Waals surface area contributed by atoms with Gasteiger partial charge in [-0.15, -0.1) is 0 Å². The van der Waals surface area contributed by atoms with Crippen molar-refractivity contribution in [1.29, 1.82) is 0 Å². The summed E-state index contributed by atoms with van der Waals surface area (Å²) < 4.78 is 5.09. The van der Waals surface area contributed by atoms with Gasteiger partial charge in [0.2, 0.25) is 0 Å². The van der Waals surface area contributed by atoms with Crippen LogP contribution in [0, 0.1) is 0 Å². The molecule has 24 heavy (non-hydrogen) atoms. The van der Waals surface area contributed by atoms with E-state index in [1.54, 1.807) is 25.3 Å². The maximum Gasteiger partial charge on any atom is 0.185 e. The third-order valence-electron chi connectivity index (χ3n) is 4.07. The summed E-state index contributed by atoms with van der Waals surface area (Å²) in [5.41, 5.74) is 2.12. The van der Waals surface area contributed by atoms with E-state index in [0.717, 1.165) is 25.0 Å². The SMILES string of the molecule is COc1ccc(C(=O)/C=C/CCCCCCc2ccccc2)cc1. The molecule has 0 bridgehead atoms. The number of ketones is 1. The lowest BCUT2D eigenvalue weighted by Gasteiger charge is -2.01. The number of aryl methyl sites for hydroxylation is 1. The Morgan fingerprint density at radius 2 is 1.62 bits per heavy atom. The molecule has 0 aliphatic rings. The van der Waals surface area contributed by atoms with Gasteiger partial charge in [0.25, 0.3) is 0 Å². The van der Waals surface area contributed by atoms with Crippen molar-refractivity contribution < 1.29 is 9.53 Å². The van der Waals surface area contributed by atoms with Crippen molar-refractivity contribution in [3.8, 4) is 5.75 Å². The second-order valence-electron chi connectivity index (χ2n) is 5.93. The van der Waals surface area contributed by atoms with E-state index in [1.165, 1.54) is 24.8 Å². The van der Waals surface area contributed by atoms with E-state index in [1.807, 2.05) is 18.2 Å². The van der Waals surface area contributed by atoms with E-state index < -0.39 is 0 Å². The topological polar surface area (TPSA) is 26.3 Å². The van der Waals surface area contributed by atoms with Gasteiger partial charge in [-0.25, -0.2) is 0 Å². The van der Waals surface area contributed by atoms with Crippen molar-refractivity contribution in [3.63, 3.8) is 0 Å². The molecule has 0 fully saturated rings. The van der Waals surface area contributed by atoms with E-state index in [2.05, 4.69) is 30.3 Å². The van der Waals surface area contributed by atoms with Gasteiger partial charge >= 0.3 is 0 Å². The summed E-state index contributed by atoms with van der Waals surface area (Å²) >= 11 is 0. The van der Waals surface area contributed by atoms with Crippen molar-refractivity contribution in [2.75, 3.05) is 7.11 Å². The van der Waals surface area contributed by atoms with Crippen LogP contribution in [0.4, 0.5) is 0 Å². The molecule has 126 valence electrons. The number of allylic oxidation sites excluding steroid dienone is 2. The summed E-state index contributed by atoms with van der Waals surface area (Å²) in [4.78, 5) is 12.0. The lowest BCUT2D eigenvalue weighted by molar-refractivity contribution is 0.104. The normalized spacial score (nSPS) is 10.9. The van der Waals surface area contributed by atoms with E-state index in [4.69, 9.17) is 4.74 Å². The summed E-state index contributed by atoms with van der Waals surface area (Å²) in [5.74, 6) is 0.827. The van der Waals surface area contributed by atoms with Crippen molar-refractivity contribution in [1.82, 2.24) is 0 Å². The minimum absolute atomic E-state index is 0.0572. The van der Waals surface area contributed by atoms with Crippen molar-refractivity contribution >= 4 is 5.78 Å². The van der Waals surface area contributed by atoms with Gasteiger partial charge in [-0.1, -0.05) is 49.2 Å². The molecule has 0 spiro atoms. The minimum atomic E-state index is 0.0572. The average Bonchev–Trinajstić information content (AvgIpc) is 2.64. The number of carbonyl (C=O) groups is 1. The van der Waals surface area contributed by atoms with Crippen LogP contribution in [0.1, 0.15) is 48.0 Å². The summed E-state index contributed by atoms with van der Waals surface area (Å²) in [6, 6.07) is 17.9. The van der Waals surface area contributed by atoms with Crippen molar-refractivity contribution in [3.05, 3.63) is 77.9 Å². The highest BCUT2D eigenvalue weighted by Gasteiger charge is 2.01. The molecular formula is C22H26O2. The summed E-state index contributed by atoms with van der Waals surface area (Å²) in [6.07, 6.45) is 10.6. The van der Waals surface area contributed by atoms with Crippen LogP contribution in [0.3, 0.4) is 0 Å². The Hall–Kier alpha value is -2.35. The summed E-state index contributed by atoms with van der Waals surface area (Å²) in [7, 11) is 1.62. The lowest BCUT2D eigenvalue weighted by Crippen LogP contribution is -1.94. The third-order valence-corrected chi connectivity index (χ3v) is 4.07. The number of hydrogen-bond acceptors (Lipinski definition) is 2. The molecule has 2 nitrogen and oxygen atoms in total. The molecule has 2 aromatic carbocycles. The Kier molecular flexibility index (Phi) is 7.82. The molecule has 2 aromatic rings. The highest BCUT2D eigenvalue weighted by atomic mass is 16.5. The molecule has 0 heterocycles. The Bertz CT molecular complexity index is 627. The standard InChI is InChI=1S/C22H26O2/c1-24-21-17-15-20(16-18-21)22(23)14-10-5-3-2-4-7-11-19-12-8-6-9-13-19/h6,8-10,12-18H,2-5,7,11H2,1H3/b14-10+. The fourth-order valence-corrected chi connectivity index (χ4v) is 2.63. The first-order chi connectivity index (χ1) is 11.8. The van der Waals surface area contributed by atoms with E-state index in [0.29, 0.717) is 5.56 Å². The van der Waals surface area contributed by atoms with Crippen LogP contribution in [-0.4, -0.2) is 12.9 Å². The van der Waals surface area contributed by atoms with Crippen LogP contribution >= 0.6 is 0 Å². The number of benzene rings is 2. The molecule has 0 saturated carbocycles. The molecule has 0 unspecified atom stereocenters. The molecule has 0 N–H and O–H groups in total. The second-order valence-corrected chi connectivity index (χ2v) is 5.93. The monoisotopic (exact) mass is 322 g/mol. The summed E-state index contributed by atoms with van der Waals surface area (Å²) in [6.45, 7) is 0. The first-order valence-corrected chi connectivity index (χ1v) is 8.68. The van der Waals surface area contributed by atoms with Crippen LogP contribution in [-0.2, 0) is 6.42 Å². The third kappa shape index (κ3) is 6.41. The lowest BCUT2D eigenvalue weighted by atomic mass is 10.1. The largest absolute Gasteiger partial charge is 0.497 e. The van der Waals surface area contributed by atoms with Crippen LogP contribution in [0.5, 0.6) is 5.75 Å². The highest BCUT2D eigenvalue weighted by Crippen LogP contribution is 2.13. The first-order valence-electron chi connectivity index (χ1n) is 8.68. The van der Waals surface area contributed by atoms with Crippen LogP contribution in [0.25, 0.3) is 0 Å². The molecule has 0 aliphatic heterocycles. The molecule has 0 radical (unpaired) electrons. The van der Waals surface area contributed by atoms with Crippen LogP contribution in [0.15, 0.2) is 66.7 Å². The van der Waals surface area contributed by atoms with Gasteiger partial charge in [0.1, 0.15) is 5.75 Å². The maximum atomic E-state index is 12.0. The molecule has 2 heteroatoms. The Morgan fingerprint density at radius 1 is 0.917 bits per heavy atom. The minimum Gasteiger partial charge on any atom is -0.497 e. The van der Waals surface area contributed by atoms with Gasteiger partial charge in [-0.2, -0.15) is 0 Å². The predicted octanol–water partition coefficient (Wildman–Crippen LogP) is 5.63. The Labute approximate surface area is 145 Å². The van der Waals surface area contributed by atoms with Crippen LogP contribution < -0.4 is 4.74 Å². The number of methoxy groups -OCH3 is 1. The number of rotatable bonds is 10. The zero-order valence-electron chi connectivity index (χ0n) is 14.4. The maximum absolute atomic E-state index is 12.0. The Balaban J connectivity index is 1.57. The quantitative estimate of drug-likeness (QED) is 0.322. The number of hydrogen-bond donors (Lipinski definition) is 0. The number of ether oxygens (including phenoxy) is 1. The zero-order chi connectivity index (χ0) is 17.0. The molecule has 2 rings (SSSR count). The molecule has 0 amide bonds. The van der Waals surface area contributed by atoms with Gasteiger partial charge < -0.3 is 4.74 Å². The number of carbonyl (C=O) groups excluding carboxylic acids is 1.